The van der Waals surface area contributed by atoms with Gasteiger partial charge in [-0.15, -0.1) is 0 Å². The second-order valence-corrected chi connectivity index (χ2v) is 3.60. The predicted octanol–water partition coefficient (Wildman–Crippen LogP) is -1.51. The van der Waals surface area contributed by atoms with Gasteiger partial charge in [-0.25, -0.2) is 0 Å². The Bertz CT molecular complexity index is 20.9. The summed E-state index contributed by atoms with van der Waals surface area (Å²) in [4.78, 5) is 15.6. The third-order valence-electron chi connectivity index (χ3n) is 0.163. The summed E-state index contributed by atoms with van der Waals surface area (Å²) in [5.74, 6) is 0. The van der Waals surface area contributed by atoms with Gasteiger partial charge >= 0.3 is 38.8 Å². The van der Waals surface area contributed by atoms with Crippen molar-refractivity contribution in [3.8, 4) is 0 Å². The monoisotopic (exact) mass is 158 g/mol. The van der Waals surface area contributed by atoms with E-state index < -0.39 is 8.60 Å². The molecule has 5 heteroatoms. The summed E-state index contributed by atoms with van der Waals surface area (Å²) >= 11 is 0.113. The predicted molar refractivity (Wildman–Crippen MR) is 22.4 cm³/mol. The Kier molecular flexibility index (Phi) is 3.58. The Morgan fingerprint density at radius 1 is 1.60 bits per heavy atom. The molecule has 2 N–H and O–H groups in total. The third-order valence-corrected chi connectivity index (χ3v) is 2.55. The Balaban J connectivity index is 2.54. The summed E-state index contributed by atoms with van der Waals surface area (Å²) in [7, 11) is -2.01. The summed E-state index contributed by atoms with van der Waals surface area (Å²) in [6.45, 7) is 0. The van der Waals surface area contributed by atoms with Crippen LogP contribution < -0.4 is 0 Å². The minimum absolute atomic E-state index is 0.113. The van der Waals surface area contributed by atoms with Gasteiger partial charge in [0.1, 0.15) is 0 Å². The van der Waals surface area contributed by atoms with E-state index in [1.165, 1.54) is 0 Å². The molecule has 0 unspecified atom stereocenters. The SMILES string of the molecule is OP(O)[O][GeH3]. The van der Waals surface area contributed by atoms with Gasteiger partial charge in [-0.05, 0) is 0 Å². The van der Waals surface area contributed by atoms with Crippen LogP contribution in [0.1, 0.15) is 0 Å². The first-order valence-corrected chi connectivity index (χ1v) is 3.87. The number of hydrogen-bond donors (Lipinski definition) is 2. The van der Waals surface area contributed by atoms with Gasteiger partial charge in [-0.3, -0.25) is 0 Å². The molecule has 0 rings (SSSR count). The average Bonchev–Trinajstić information content (AvgIpc) is 1.38. The van der Waals surface area contributed by atoms with E-state index in [1.807, 2.05) is 0 Å². The van der Waals surface area contributed by atoms with E-state index in [2.05, 4.69) is 3.55 Å². The van der Waals surface area contributed by atoms with Crippen molar-refractivity contribution in [2.75, 3.05) is 0 Å². The fourth-order valence-corrected chi connectivity index (χ4v) is 0. The quantitative estimate of drug-likeness (QED) is 0.359. The van der Waals surface area contributed by atoms with Crippen molar-refractivity contribution in [2.45, 2.75) is 0 Å². The molecule has 0 saturated carbocycles. The van der Waals surface area contributed by atoms with Crippen LogP contribution in [0.4, 0.5) is 0 Å². The molecule has 0 saturated heterocycles. The van der Waals surface area contributed by atoms with E-state index in [0.29, 0.717) is 0 Å². The van der Waals surface area contributed by atoms with Crippen LogP contribution in [0.5, 0.6) is 0 Å². The molecular weight excluding hydrogens is 152 g/mol. The molecule has 0 aromatic rings. The van der Waals surface area contributed by atoms with E-state index in [0.717, 1.165) is 0 Å². The molecule has 0 heterocycles. The van der Waals surface area contributed by atoms with Crippen LogP contribution in [-0.4, -0.2) is 26.6 Å². The standard InChI is InChI=1S/GeH5O3P/c1-4-5(2)3/h2-3H,1H3. The van der Waals surface area contributed by atoms with Crippen LogP contribution in [0.15, 0.2) is 0 Å². The molecule has 0 bridgehead atoms. The van der Waals surface area contributed by atoms with Gasteiger partial charge in [0, 0.05) is 0 Å². The van der Waals surface area contributed by atoms with Crippen molar-refractivity contribution < 1.29 is 13.3 Å². The molecule has 0 aliphatic rings. The summed E-state index contributed by atoms with van der Waals surface area (Å²) in [5.41, 5.74) is 0. The molecule has 0 aliphatic carbocycles. The van der Waals surface area contributed by atoms with Crippen LogP contribution >= 0.6 is 8.60 Å². The molecule has 0 aromatic heterocycles. The fraction of sp³-hybridized carbons (Fsp3) is 0. The van der Waals surface area contributed by atoms with E-state index in [1.54, 1.807) is 0 Å². The average molecular weight is 157 g/mol. The van der Waals surface area contributed by atoms with Gasteiger partial charge in [0.05, 0.1) is 0 Å². The van der Waals surface area contributed by atoms with E-state index in [9.17, 15) is 0 Å². The molecular formula is H5GeO3P. The van der Waals surface area contributed by atoms with Gasteiger partial charge < -0.3 is 0 Å². The van der Waals surface area contributed by atoms with Gasteiger partial charge in [-0.1, -0.05) is 0 Å². The Hall–Kier alpha value is 0.853. The molecule has 0 fully saturated rings. The second kappa shape index (κ2) is 3.06. The molecule has 0 atom stereocenters. The first-order valence-electron chi connectivity index (χ1n) is 0.991. The molecule has 0 spiro atoms. The third kappa shape index (κ3) is 4.85. The first-order chi connectivity index (χ1) is 2.27. The molecule has 0 aliphatic heterocycles. The summed E-state index contributed by atoms with van der Waals surface area (Å²) in [6.07, 6.45) is 0. The van der Waals surface area contributed by atoms with Crippen LogP contribution in [0, 0.1) is 0 Å². The Morgan fingerprint density at radius 3 is 1.80 bits per heavy atom. The molecule has 0 radical (unpaired) electrons. The van der Waals surface area contributed by atoms with Crippen molar-refractivity contribution in [1.29, 1.82) is 0 Å². The van der Waals surface area contributed by atoms with E-state index in [4.69, 9.17) is 9.79 Å². The molecule has 0 aromatic carbocycles. The van der Waals surface area contributed by atoms with Crippen molar-refractivity contribution in [2.24, 2.45) is 0 Å². The first kappa shape index (κ1) is 5.85. The molecule has 32 valence electrons. The van der Waals surface area contributed by atoms with Crippen molar-refractivity contribution >= 4 is 25.5 Å². The normalized spacial score (nSPS) is 10.2. The summed E-state index contributed by atoms with van der Waals surface area (Å²) in [5, 5.41) is 0. The van der Waals surface area contributed by atoms with Gasteiger partial charge in [0.2, 0.25) is 0 Å². The van der Waals surface area contributed by atoms with Gasteiger partial charge in [0.15, 0.2) is 0 Å². The minimum atomic E-state index is -2.01. The second-order valence-electron chi connectivity index (χ2n) is 0.435. The molecule has 3 nitrogen and oxygen atoms in total. The van der Waals surface area contributed by atoms with Crippen LogP contribution in [0.25, 0.3) is 0 Å². The zero-order chi connectivity index (χ0) is 4.28. The van der Waals surface area contributed by atoms with Gasteiger partial charge in [0.25, 0.3) is 0 Å². The van der Waals surface area contributed by atoms with Crippen molar-refractivity contribution in [3.05, 3.63) is 0 Å². The Morgan fingerprint density at radius 2 is 1.80 bits per heavy atom. The maximum absolute atomic E-state index is 7.81. The maximum atomic E-state index is 7.81. The van der Waals surface area contributed by atoms with Gasteiger partial charge in [-0.2, -0.15) is 0 Å². The van der Waals surface area contributed by atoms with Crippen LogP contribution in [-0.2, 0) is 3.55 Å². The Labute approximate surface area is 39.5 Å². The van der Waals surface area contributed by atoms with E-state index >= 15 is 0 Å². The number of rotatable bonds is 1. The van der Waals surface area contributed by atoms with Crippen molar-refractivity contribution in [3.63, 3.8) is 0 Å². The van der Waals surface area contributed by atoms with E-state index in [-0.39, 0.29) is 16.9 Å². The van der Waals surface area contributed by atoms with Crippen molar-refractivity contribution in [1.82, 2.24) is 0 Å². The fourth-order valence-electron chi connectivity index (χ4n) is 0. The van der Waals surface area contributed by atoms with Crippen LogP contribution in [0.3, 0.4) is 0 Å². The summed E-state index contributed by atoms with van der Waals surface area (Å²) < 4.78 is 4.11. The number of hydrogen-bond acceptors (Lipinski definition) is 3. The van der Waals surface area contributed by atoms with Crippen LogP contribution in [0.2, 0.25) is 0 Å². The molecule has 5 heavy (non-hydrogen) atoms. The molecule has 0 amide bonds. The topological polar surface area (TPSA) is 49.7 Å². The zero-order valence-electron chi connectivity index (χ0n) is 2.75. The summed E-state index contributed by atoms with van der Waals surface area (Å²) in [6, 6.07) is 0. The zero-order valence-corrected chi connectivity index (χ0v) is 7.84.